The molecule has 0 atom stereocenters. The van der Waals surface area contributed by atoms with Gasteiger partial charge in [0.25, 0.3) is 0 Å². The van der Waals surface area contributed by atoms with Gasteiger partial charge in [-0.3, -0.25) is 4.79 Å². The Labute approximate surface area is 147 Å². The summed E-state index contributed by atoms with van der Waals surface area (Å²) in [6.07, 6.45) is 7.78. The Morgan fingerprint density at radius 3 is 2.17 bits per heavy atom. The first kappa shape index (κ1) is 21.9. The summed E-state index contributed by atoms with van der Waals surface area (Å²) in [6, 6.07) is 7.73. The third-order valence-electron chi connectivity index (χ3n) is 3.32. The van der Waals surface area contributed by atoms with Crippen LogP contribution in [0.1, 0.15) is 53.0 Å². The van der Waals surface area contributed by atoms with Crippen molar-refractivity contribution < 1.29 is 9.53 Å². The highest BCUT2D eigenvalue weighted by molar-refractivity contribution is 5.93. The molecule has 0 fully saturated rings. The van der Waals surface area contributed by atoms with Crippen molar-refractivity contribution in [3.05, 3.63) is 66.0 Å². The van der Waals surface area contributed by atoms with Gasteiger partial charge in [0.1, 0.15) is 11.5 Å². The first-order valence-corrected chi connectivity index (χ1v) is 8.56. The molecule has 0 radical (unpaired) electrons. The van der Waals surface area contributed by atoms with E-state index in [1.807, 2.05) is 31.2 Å². The Bertz CT molecular complexity index is 560. The van der Waals surface area contributed by atoms with E-state index in [2.05, 4.69) is 27.4 Å². The van der Waals surface area contributed by atoms with Crippen LogP contribution in [-0.2, 0) is 4.79 Å². The lowest BCUT2D eigenvalue weighted by molar-refractivity contribution is -0.113. The second kappa shape index (κ2) is 12.3. The summed E-state index contributed by atoms with van der Waals surface area (Å²) >= 11 is 0. The standard InChI is InChI=1S/C16H18O2.C6H14/c1-5-6-16(11-13(3)14(4)17)18-15-9-7-12(2)8-10-15;1-4-5-6(2)3/h5-11H,1H2,2-4H3;6H,4-5H2,1-3H3/b13-11+,16-6+;. The highest BCUT2D eigenvalue weighted by Gasteiger charge is 2.01. The van der Waals surface area contributed by atoms with Gasteiger partial charge in [-0.2, -0.15) is 0 Å². The van der Waals surface area contributed by atoms with Crippen LogP contribution in [0.15, 0.2) is 60.4 Å². The summed E-state index contributed by atoms with van der Waals surface area (Å²) in [6.45, 7) is 15.7. The molecule has 0 heterocycles. The van der Waals surface area contributed by atoms with Crippen molar-refractivity contribution in [3.63, 3.8) is 0 Å². The minimum absolute atomic E-state index is 0.0254. The molecule has 2 nitrogen and oxygen atoms in total. The molecule has 0 spiro atoms. The lowest BCUT2D eigenvalue weighted by atomic mass is 10.1. The highest BCUT2D eigenvalue weighted by Crippen LogP contribution is 2.16. The van der Waals surface area contributed by atoms with Crippen LogP contribution >= 0.6 is 0 Å². The fraction of sp³-hybridized carbons (Fsp3) is 0.409. The van der Waals surface area contributed by atoms with Gasteiger partial charge < -0.3 is 4.74 Å². The van der Waals surface area contributed by atoms with Gasteiger partial charge in [0.15, 0.2) is 5.78 Å². The zero-order chi connectivity index (χ0) is 18.5. The predicted molar refractivity (Wildman–Crippen MR) is 104 cm³/mol. The molecule has 1 aromatic carbocycles. The van der Waals surface area contributed by atoms with Gasteiger partial charge in [-0.25, -0.2) is 0 Å². The molecular weight excluding hydrogens is 296 g/mol. The van der Waals surface area contributed by atoms with Crippen LogP contribution in [0, 0.1) is 12.8 Å². The molecule has 0 saturated carbocycles. The molecule has 2 heteroatoms. The van der Waals surface area contributed by atoms with Gasteiger partial charge in [-0.1, -0.05) is 64.0 Å². The van der Waals surface area contributed by atoms with E-state index < -0.39 is 0 Å². The Hall–Kier alpha value is -2.09. The number of Topliss-reactive ketones (excluding diaryl/α,β-unsaturated/α-hetero) is 1. The van der Waals surface area contributed by atoms with Crippen LogP contribution in [0.3, 0.4) is 0 Å². The van der Waals surface area contributed by atoms with Crippen molar-refractivity contribution in [2.45, 2.75) is 54.4 Å². The van der Waals surface area contributed by atoms with Gasteiger partial charge in [0.05, 0.1) is 0 Å². The number of hydrogen-bond donors (Lipinski definition) is 0. The number of ether oxygens (including phenoxy) is 1. The number of carbonyl (C=O) groups excluding carboxylic acids is 1. The van der Waals surface area contributed by atoms with E-state index >= 15 is 0 Å². The normalized spacial score (nSPS) is 11.6. The number of aryl methyl sites for hydroxylation is 1. The zero-order valence-electron chi connectivity index (χ0n) is 16.1. The predicted octanol–water partition coefficient (Wildman–Crippen LogP) is 6.42. The number of benzene rings is 1. The van der Waals surface area contributed by atoms with E-state index in [-0.39, 0.29) is 5.78 Å². The minimum atomic E-state index is 0.0254. The second-order valence-corrected chi connectivity index (χ2v) is 6.29. The summed E-state index contributed by atoms with van der Waals surface area (Å²) < 4.78 is 5.69. The maximum atomic E-state index is 11.2. The maximum Gasteiger partial charge on any atom is 0.155 e. The average molecular weight is 328 g/mol. The molecule has 0 saturated heterocycles. The Kier molecular flexibility index (Phi) is 11.3. The molecule has 0 aromatic heterocycles. The molecule has 0 aliphatic carbocycles. The number of hydrogen-bond acceptors (Lipinski definition) is 2. The molecule has 0 N–H and O–H groups in total. The summed E-state index contributed by atoms with van der Waals surface area (Å²) in [5.74, 6) is 2.26. The number of ketones is 1. The second-order valence-electron chi connectivity index (χ2n) is 6.29. The lowest BCUT2D eigenvalue weighted by Gasteiger charge is -2.07. The van der Waals surface area contributed by atoms with Crippen LogP contribution in [0.5, 0.6) is 5.75 Å². The molecule has 0 amide bonds. The van der Waals surface area contributed by atoms with Gasteiger partial charge in [-0.15, -0.1) is 0 Å². The monoisotopic (exact) mass is 328 g/mol. The van der Waals surface area contributed by atoms with Crippen molar-refractivity contribution in [2.24, 2.45) is 5.92 Å². The van der Waals surface area contributed by atoms with Crippen molar-refractivity contribution in [3.8, 4) is 5.75 Å². The first-order chi connectivity index (χ1) is 11.3. The van der Waals surface area contributed by atoms with Crippen LogP contribution in [-0.4, -0.2) is 5.78 Å². The first-order valence-electron chi connectivity index (χ1n) is 8.56. The third kappa shape index (κ3) is 10.6. The molecule has 0 bridgehead atoms. The average Bonchev–Trinajstić information content (AvgIpc) is 2.50. The van der Waals surface area contributed by atoms with Crippen molar-refractivity contribution in [2.75, 3.05) is 0 Å². The smallest absolute Gasteiger partial charge is 0.155 e. The summed E-state index contributed by atoms with van der Waals surface area (Å²) in [4.78, 5) is 11.2. The van der Waals surface area contributed by atoms with E-state index in [1.165, 1.54) is 25.3 Å². The van der Waals surface area contributed by atoms with E-state index in [0.717, 1.165) is 11.7 Å². The number of allylic oxidation sites excluding steroid dienone is 4. The number of carbonyl (C=O) groups is 1. The molecule has 24 heavy (non-hydrogen) atoms. The molecule has 132 valence electrons. The molecule has 0 aliphatic rings. The van der Waals surface area contributed by atoms with E-state index in [1.54, 1.807) is 25.2 Å². The van der Waals surface area contributed by atoms with E-state index in [0.29, 0.717) is 11.3 Å². The van der Waals surface area contributed by atoms with Crippen molar-refractivity contribution >= 4 is 5.78 Å². The van der Waals surface area contributed by atoms with Crippen molar-refractivity contribution in [1.29, 1.82) is 0 Å². The maximum absolute atomic E-state index is 11.2. The van der Waals surface area contributed by atoms with E-state index in [9.17, 15) is 4.79 Å². The third-order valence-corrected chi connectivity index (χ3v) is 3.32. The van der Waals surface area contributed by atoms with Crippen LogP contribution in [0.4, 0.5) is 0 Å². The molecule has 0 aliphatic heterocycles. The van der Waals surface area contributed by atoms with Gasteiger partial charge in [-0.05, 0) is 56.5 Å². The van der Waals surface area contributed by atoms with Gasteiger partial charge in [0, 0.05) is 0 Å². The topological polar surface area (TPSA) is 26.3 Å². The molecule has 0 unspecified atom stereocenters. The fourth-order valence-electron chi connectivity index (χ4n) is 1.86. The molecule has 1 aromatic rings. The van der Waals surface area contributed by atoms with Gasteiger partial charge >= 0.3 is 0 Å². The Morgan fingerprint density at radius 2 is 1.79 bits per heavy atom. The Morgan fingerprint density at radius 1 is 1.21 bits per heavy atom. The summed E-state index contributed by atoms with van der Waals surface area (Å²) in [7, 11) is 0. The zero-order valence-corrected chi connectivity index (χ0v) is 16.1. The highest BCUT2D eigenvalue weighted by atomic mass is 16.5. The van der Waals surface area contributed by atoms with Crippen molar-refractivity contribution in [1.82, 2.24) is 0 Å². The van der Waals surface area contributed by atoms with Crippen LogP contribution < -0.4 is 4.74 Å². The molecule has 1 rings (SSSR count). The number of rotatable bonds is 7. The Balaban J connectivity index is 0.000000754. The van der Waals surface area contributed by atoms with E-state index in [4.69, 9.17) is 4.74 Å². The fourth-order valence-corrected chi connectivity index (χ4v) is 1.86. The molecular formula is C22H32O2. The summed E-state index contributed by atoms with van der Waals surface area (Å²) in [5, 5.41) is 0. The quantitative estimate of drug-likeness (QED) is 0.328. The van der Waals surface area contributed by atoms with Crippen LogP contribution in [0.25, 0.3) is 0 Å². The lowest BCUT2D eigenvalue weighted by Crippen LogP contribution is -1.97. The summed E-state index contributed by atoms with van der Waals surface area (Å²) in [5.41, 5.74) is 1.82. The largest absolute Gasteiger partial charge is 0.457 e. The minimum Gasteiger partial charge on any atom is -0.457 e. The SMILES string of the molecule is C=C/C=C(\C=C(/C)C(C)=O)Oc1ccc(C)cc1.CCCC(C)C. The van der Waals surface area contributed by atoms with Gasteiger partial charge in [0.2, 0.25) is 0 Å². The van der Waals surface area contributed by atoms with Crippen LogP contribution in [0.2, 0.25) is 0 Å².